The summed E-state index contributed by atoms with van der Waals surface area (Å²) in [5.74, 6) is 0.228. The van der Waals surface area contributed by atoms with E-state index < -0.39 is 5.51 Å². The molecule has 0 amide bonds. The van der Waals surface area contributed by atoms with Crippen LogP contribution in [0, 0.1) is 0 Å². The van der Waals surface area contributed by atoms with E-state index in [1.165, 1.54) is 12.1 Å². The molecule has 0 N–H and O–H groups in total. The summed E-state index contributed by atoms with van der Waals surface area (Å²) in [6.45, 7) is 0. The van der Waals surface area contributed by atoms with Crippen molar-refractivity contribution < 1.29 is 13.2 Å². The highest BCUT2D eigenvalue weighted by Crippen LogP contribution is 2.36. The van der Waals surface area contributed by atoms with Gasteiger partial charge in [0.2, 0.25) is 0 Å². The van der Waals surface area contributed by atoms with E-state index in [1.54, 1.807) is 12.1 Å². The maximum atomic E-state index is 11.9. The summed E-state index contributed by atoms with van der Waals surface area (Å²) in [4.78, 5) is 0.172. The fourth-order valence-electron chi connectivity index (χ4n) is 0.826. The van der Waals surface area contributed by atoms with Crippen LogP contribution in [0.4, 0.5) is 13.2 Å². The minimum Gasteiger partial charge on any atom is -0.160 e. The Morgan fingerprint density at radius 1 is 1.31 bits per heavy atom. The monoisotopic (exact) mass is 226 g/mol. The average Bonchev–Trinajstić information content (AvgIpc) is 2.01. The molecule has 5 heteroatoms. The van der Waals surface area contributed by atoms with Crippen molar-refractivity contribution in [3.8, 4) is 0 Å². The third kappa shape index (κ3) is 3.91. The minimum absolute atomic E-state index is 0.128. The van der Waals surface area contributed by atoms with Gasteiger partial charge in [-0.1, -0.05) is 12.1 Å². The quantitative estimate of drug-likeness (QED) is 0.542. The lowest BCUT2D eigenvalue weighted by Crippen LogP contribution is -1.98. The smallest absolute Gasteiger partial charge is 0.160 e. The Balaban J connectivity index is 2.78. The molecular weight excluding hydrogens is 221 g/mol. The Kier molecular flexibility index (Phi) is 3.50. The molecule has 0 saturated heterocycles. The molecule has 0 atom stereocenters. The first kappa shape index (κ1) is 10.7. The lowest BCUT2D eigenvalue weighted by atomic mass is 10.2. The van der Waals surface area contributed by atoms with Gasteiger partial charge < -0.3 is 0 Å². The van der Waals surface area contributed by atoms with Crippen molar-refractivity contribution in [2.24, 2.45) is 0 Å². The largest absolute Gasteiger partial charge is 0.446 e. The molecule has 0 fully saturated rings. The van der Waals surface area contributed by atoms with Crippen molar-refractivity contribution in [2.45, 2.75) is 16.3 Å². The molecule has 0 bridgehead atoms. The number of benzene rings is 1. The number of rotatable bonds is 2. The van der Waals surface area contributed by atoms with E-state index in [-0.39, 0.29) is 22.5 Å². The number of hydrogen-bond donors (Lipinski definition) is 0. The Morgan fingerprint density at radius 2 is 2.00 bits per heavy atom. The van der Waals surface area contributed by atoms with Crippen molar-refractivity contribution in [1.29, 1.82) is 0 Å². The highest BCUT2D eigenvalue weighted by Gasteiger charge is 2.29. The zero-order valence-electron chi connectivity index (χ0n) is 6.44. The predicted molar refractivity (Wildman–Crippen MR) is 47.9 cm³/mol. The molecule has 72 valence electrons. The van der Waals surface area contributed by atoms with Crippen molar-refractivity contribution in [1.82, 2.24) is 0 Å². The zero-order valence-corrected chi connectivity index (χ0v) is 8.01. The van der Waals surface area contributed by atoms with Crippen LogP contribution in [0.3, 0.4) is 0 Å². The molecule has 0 unspecified atom stereocenters. The van der Waals surface area contributed by atoms with E-state index in [2.05, 4.69) is 0 Å². The Bertz CT molecular complexity index is 285. The molecule has 1 rings (SSSR count). The molecule has 1 aromatic carbocycles. The highest BCUT2D eigenvalue weighted by atomic mass is 35.5. The molecule has 0 spiro atoms. The standard InChI is InChI=1S/C8H6ClF3S/c9-5-6-2-1-3-7(4-6)13-8(10,11)12/h1-4H,5H2. The van der Waals surface area contributed by atoms with Crippen LogP contribution in [0.1, 0.15) is 5.56 Å². The first-order valence-electron chi connectivity index (χ1n) is 3.42. The number of hydrogen-bond acceptors (Lipinski definition) is 1. The van der Waals surface area contributed by atoms with Gasteiger partial charge in [-0.2, -0.15) is 13.2 Å². The normalized spacial score (nSPS) is 11.7. The number of alkyl halides is 4. The first-order chi connectivity index (χ1) is 6.01. The Hall–Kier alpha value is -0.350. The van der Waals surface area contributed by atoms with Crippen LogP contribution in [-0.4, -0.2) is 5.51 Å². The molecular formula is C8H6ClF3S. The molecule has 1 aromatic rings. The molecule has 0 aliphatic heterocycles. The molecule has 0 aromatic heterocycles. The van der Waals surface area contributed by atoms with Crippen LogP contribution in [-0.2, 0) is 5.88 Å². The van der Waals surface area contributed by atoms with E-state index in [0.29, 0.717) is 5.56 Å². The van der Waals surface area contributed by atoms with Gasteiger partial charge in [0.15, 0.2) is 0 Å². The first-order valence-corrected chi connectivity index (χ1v) is 4.77. The van der Waals surface area contributed by atoms with E-state index in [4.69, 9.17) is 11.6 Å². The van der Waals surface area contributed by atoms with Crippen LogP contribution in [0.15, 0.2) is 29.2 Å². The Morgan fingerprint density at radius 3 is 2.54 bits per heavy atom. The summed E-state index contributed by atoms with van der Waals surface area (Å²) in [5, 5.41) is 0. The van der Waals surface area contributed by atoms with Crippen molar-refractivity contribution >= 4 is 23.4 Å². The molecule has 0 aliphatic carbocycles. The van der Waals surface area contributed by atoms with Gasteiger partial charge in [0.1, 0.15) is 0 Å². The third-order valence-electron chi connectivity index (χ3n) is 1.29. The summed E-state index contributed by atoms with van der Waals surface area (Å²) in [7, 11) is 0. The van der Waals surface area contributed by atoms with Gasteiger partial charge in [0.05, 0.1) is 0 Å². The molecule has 0 saturated carbocycles. The van der Waals surface area contributed by atoms with Gasteiger partial charge in [0.25, 0.3) is 0 Å². The van der Waals surface area contributed by atoms with E-state index in [9.17, 15) is 13.2 Å². The second-order valence-corrected chi connectivity index (χ2v) is 3.73. The Labute approximate surface area is 83.1 Å². The van der Waals surface area contributed by atoms with Gasteiger partial charge in [-0.3, -0.25) is 0 Å². The number of thioether (sulfide) groups is 1. The predicted octanol–water partition coefficient (Wildman–Crippen LogP) is 4.04. The number of halogens is 4. The van der Waals surface area contributed by atoms with Crippen LogP contribution in [0.2, 0.25) is 0 Å². The molecule has 13 heavy (non-hydrogen) atoms. The zero-order chi connectivity index (χ0) is 9.90. The van der Waals surface area contributed by atoms with Crippen molar-refractivity contribution in [2.75, 3.05) is 0 Å². The lowest BCUT2D eigenvalue weighted by Gasteiger charge is -2.05. The summed E-state index contributed by atoms with van der Waals surface area (Å²) in [5.41, 5.74) is -3.54. The van der Waals surface area contributed by atoms with Gasteiger partial charge in [-0.25, -0.2) is 0 Å². The lowest BCUT2D eigenvalue weighted by molar-refractivity contribution is -0.0328. The van der Waals surface area contributed by atoms with Gasteiger partial charge in [-0.15, -0.1) is 11.6 Å². The molecule has 0 aliphatic rings. The van der Waals surface area contributed by atoms with E-state index in [0.717, 1.165) is 0 Å². The topological polar surface area (TPSA) is 0 Å². The van der Waals surface area contributed by atoms with Crippen molar-refractivity contribution in [3.63, 3.8) is 0 Å². The van der Waals surface area contributed by atoms with Crippen LogP contribution in [0.5, 0.6) is 0 Å². The van der Waals surface area contributed by atoms with Gasteiger partial charge in [-0.05, 0) is 29.5 Å². The minimum atomic E-state index is -4.23. The summed E-state index contributed by atoms with van der Waals surface area (Å²) in [6, 6.07) is 6.10. The molecule has 0 radical (unpaired) electrons. The van der Waals surface area contributed by atoms with Crippen LogP contribution in [0.25, 0.3) is 0 Å². The summed E-state index contributed by atoms with van der Waals surface area (Å²) < 4.78 is 35.7. The maximum absolute atomic E-state index is 11.9. The average molecular weight is 227 g/mol. The van der Waals surface area contributed by atoms with E-state index in [1.807, 2.05) is 0 Å². The summed E-state index contributed by atoms with van der Waals surface area (Å²) in [6.07, 6.45) is 0. The van der Waals surface area contributed by atoms with Crippen LogP contribution < -0.4 is 0 Å². The second kappa shape index (κ2) is 4.24. The third-order valence-corrected chi connectivity index (χ3v) is 2.32. The van der Waals surface area contributed by atoms with Crippen molar-refractivity contribution in [3.05, 3.63) is 29.8 Å². The van der Waals surface area contributed by atoms with E-state index >= 15 is 0 Å². The fourth-order valence-corrected chi connectivity index (χ4v) is 1.62. The van der Waals surface area contributed by atoms with Gasteiger partial charge in [0, 0.05) is 10.8 Å². The molecule has 0 heterocycles. The van der Waals surface area contributed by atoms with Crippen LogP contribution >= 0.6 is 23.4 Å². The molecule has 0 nitrogen and oxygen atoms in total. The van der Waals surface area contributed by atoms with Gasteiger partial charge >= 0.3 is 5.51 Å². The highest BCUT2D eigenvalue weighted by molar-refractivity contribution is 8.00. The maximum Gasteiger partial charge on any atom is 0.446 e. The SMILES string of the molecule is FC(F)(F)Sc1cccc(CCl)c1. The summed E-state index contributed by atoms with van der Waals surface area (Å²) >= 11 is 5.35. The fraction of sp³-hybridized carbons (Fsp3) is 0.250. The second-order valence-electron chi connectivity index (χ2n) is 2.33.